The van der Waals surface area contributed by atoms with Crippen molar-refractivity contribution in [2.75, 3.05) is 20.8 Å². The molecule has 32 heavy (non-hydrogen) atoms. The van der Waals surface area contributed by atoms with Crippen LogP contribution in [0.3, 0.4) is 0 Å². The molecule has 174 valence electrons. The Morgan fingerprint density at radius 1 is 1.03 bits per heavy atom. The first-order valence-corrected chi connectivity index (χ1v) is 11.3. The zero-order chi connectivity index (χ0) is 23.7. The van der Waals surface area contributed by atoms with Crippen molar-refractivity contribution in [2.24, 2.45) is 0 Å². The molecule has 0 aliphatic carbocycles. The number of carbonyl (C=O) groups excluding carboxylic acids is 2. The number of hydrogen-bond donors (Lipinski definition) is 1. The maximum absolute atomic E-state index is 13.2. The number of ether oxygens (including phenoxy) is 3. The molecule has 2 atom stereocenters. The van der Waals surface area contributed by atoms with Crippen molar-refractivity contribution in [3.63, 3.8) is 0 Å². The smallest absolute Gasteiger partial charge is 0.261 e. The minimum atomic E-state index is -0.668. The van der Waals surface area contributed by atoms with Gasteiger partial charge in [-0.25, -0.2) is 0 Å². The van der Waals surface area contributed by atoms with Crippen LogP contribution in [-0.4, -0.2) is 49.6 Å². The highest BCUT2D eigenvalue weighted by Gasteiger charge is 2.27. The third-order valence-corrected chi connectivity index (χ3v) is 5.59. The molecule has 0 bridgehead atoms. The molecule has 0 aliphatic heterocycles. The van der Waals surface area contributed by atoms with Gasteiger partial charge in [0.1, 0.15) is 23.3 Å². The standard InChI is InChI=1S/C24H31BrN2O5/c1-6-16(2)26-24(29)17(3)27(14-18-8-7-9-19(25)10-18)23(28)15-32-22-12-20(30-4)11-21(13-22)31-5/h7-13,16-17H,6,14-15H2,1-5H3,(H,26,29)/t16-,17-/m0/s1. The van der Waals surface area contributed by atoms with Crippen LogP contribution in [0.25, 0.3) is 0 Å². The molecule has 0 radical (unpaired) electrons. The molecule has 0 aliphatic rings. The highest BCUT2D eigenvalue weighted by Crippen LogP contribution is 2.27. The number of rotatable bonds is 11. The van der Waals surface area contributed by atoms with E-state index in [2.05, 4.69) is 21.2 Å². The number of benzene rings is 2. The second kappa shape index (κ2) is 12.3. The van der Waals surface area contributed by atoms with Gasteiger partial charge in [0.25, 0.3) is 5.91 Å². The molecular weight excluding hydrogens is 476 g/mol. The summed E-state index contributed by atoms with van der Waals surface area (Å²) < 4.78 is 17.1. The molecule has 2 amide bonds. The monoisotopic (exact) mass is 506 g/mol. The number of hydrogen-bond acceptors (Lipinski definition) is 5. The predicted octanol–water partition coefficient (Wildman–Crippen LogP) is 4.18. The lowest BCUT2D eigenvalue weighted by Crippen LogP contribution is -2.50. The van der Waals surface area contributed by atoms with Crippen molar-refractivity contribution in [3.05, 3.63) is 52.5 Å². The van der Waals surface area contributed by atoms with Crippen LogP contribution in [0.15, 0.2) is 46.9 Å². The van der Waals surface area contributed by atoms with Gasteiger partial charge in [0.2, 0.25) is 5.91 Å². The molecule has 0 aromatic heterocycles. The van der Waals surface area contributed by atoms with Gasteiger partial charge in [-0.1, -0.05) is 35.0 Å². The second-order valence-corrected chi connectivity index (χ2v) is 8.40. The molecule has 0 fully saturated rings. The minimum Gasteiger partial charge on any atom is -0.496 e. The van der Waals surface area contributed by atoms with Crippen LogP contribution in [-0.2, 0) is 16.1 Å². The van der Waals surface area contributed by atoms with E-state index in [4.69, 9.17) is 14.2 Å². The van der Waals surface area contributed by atoms with Gasteiger partial charge in [-0.15, -0.1) is 0 Å². The Labute approximate surface area is 198 Å². The van der Waals surface area contributed by atoms with Crippen LogP contribution >= 0.6 is 15.9 Å². The number of halogens is 1. The van der Waals surface area contributed by atoms with E-state index in [0.717, 1.165) is 16.5 Å². The lowest BCUT2D eigenvalue weighted by molar-refractivity contribution is -0.142. The molecule has 2 rings (SSSR count). The second-order valence-electron chi connectivity index (χ2n) is 7.48. The Hall–Kier alpha value is -2.74. The van der Waals surface area contributed by atoms with Gasteiger partial charge in [0.15, 0.2) is 6.61 Å². The number of amides is 2. The summed E-state index contributed by atoms with van der Waals surface area (Å²) in [4.78, 5) is 27.5. The number of nitrogens with zero attached hydrogens (tertiary/aromatic N) is 1. The highest BCUT2D eigenvalue weighted by atomic mass is 79.9. The molecule has 7 nitrogen and oxygen atoms in total. The first kappa shape index (κ1) is 25.5. The number of methoxy groups -OCH3 is 2. The molecule has 0 unspecified atom stereocenters. The van der Waals surface area contributed by atoms with Crippen LogP contribution in [0, 0.1) is 0 Å². The van der Waals surface area contributed by atoms with E-state index in [9.17, 15) is 9.59 Å². The molecule has 2 aromatic rings. The fraction of sp³-hybridized carbons (Fsp3) is 0.417. The van der Waals surface area contributed by atoms with Crippen LogP contribution < -0.4 is 19.5 Å². The maximum Gasteiger partial charge on any atom is 0.261 e. The summed E-state index contributed by atoms with van der Waals surface area (Å²) >= 11 is 3.45. The predicted molar refractivity (Wildman–Crippen MR) is 127 cm³/mol. The van der Waals surface area contributed by atoms with Crippen LogP contribution in [0.2, 0.25) is 0 Å². The largest absolute Gasteiger partial charge is 0.496 e. The van der Waals surface area contributed by atoms with E-state index in [1.54, 1.807) is 39.3 Å². The average molecular weight is 507 g/mol. The molecule has 2 aromatic carbocycles. The van der Waals surface area contributed by atoms with Crippen molar-refractivity contribution in [2.45, 2.75) is 45.8 Å². The summed E-state index contributed by atoms with van der Waals surface area (Å²) in [7, 11) is 3.09. The minimum absolute atomic E-state index is 0.0215. The molecule has 1 N–H and O–H groups in total. The summed E-state index contributed by atoms with van der Waals surface area (Å²) in [5.74, 6) is 1.04. The Balaban J connectivity index is 2.20. The van der Waals surface area contributed by atoms with Crippen molar-refractivity contribution in [1.29, 1.82) is 0 Å². The Bertz CT molecular complexity index is 899. The van der Waals surface area contributed by atoms with Crippen molar-refractivity contribution < 1.29 is 23.8 Å². The molecule has 0 heterocycles. The van der Waals surface area contributed by atoms with E-state index in [0.29, 0.717) is 17.2 Å². The van der Waals surface area contributed by atoms with Crippen molar-refractivity contribution >= 4 is 27.7 Å². The lowest BCUT2D eigenvalue weighted by Gasteiger charge is -2.29. The number of nitrogens with one attached hydrogen (secondary N) is 1. The molecule has 8 heteroatoms. The third-order valence-electron chi connectivity index (χ3n) is 5.10. The first-order chi connectivity index (χ1) is 15.3. The normalized spacial score (nSPS) is 12.4. The first-order valence-electron chi connectivity index (χ1n) is 10.5. The average Bonchev–Trinajstić information content (AvgIpc) is 2.80. The van der Waals surface area contributed by atoms with Gasteiger partial charge in [0, 0.05) is 35.3 Å². The number of carbonyl (C=O) groups is 2. The summed E-state index contributed by atoms with van der Waals surface area (Å²) in [6.07, 6.45) is 0.804. The lowest BCUT2D eigenvalue weighted by atomic mass is 10.1. The van der Waals surface area contributed by atoms with Gasteiger partial charge in [-0.3, -0.25) is 9.59 Å². The summed E-state index contributed by atoms with van der Waals surface area (Å²) in [6, 6.07) is 12.1. The SMILES string of the molecule is CC[C@H](C)NC(=O)[C@H](C)N(Cc1cccc(Br)c1)C(=O)COc1cc(OC)cc(OC)c1. The fourth-order valence-corrected chi connectivity index (χ4v) is 3.42. The summed E-state index contributed by atoms with van der Waals surface area (Å²) in [5.41, 5.74) is 0.902. The van der Waals surface area contributed by atoms with Gasteiger partial charge in [0.05, 0.1) is 14.2 Å². The van der Waals surface area contributed by atoms with Gasteiger partial charge in [-0.2, -0.15) is 0 Å². The van der Waals surface area contributed by atoms with E-state index in [1.807, 2.05) is 38.1 Å². The van der Waals surface area contributed by atoms with E-state index >= 15 is 0 Å². The molecule has 0 saturated carbocycles. The summed E-state index contributed by atoms with van der Waals surface area (Å²) in [6.45, 7) is 5.70. The Morgan fingerprint density at radius 3 is 2.22 bits per heavy atom. The zero-order valence-electron chi connectivity index (χ0n) is 19.2. The van der Waals surface area contributed by atoms with Crippen LogP contribution in [0.1, 0.15) is 32.8 Å². The van der Waals surface area contributed by atoms with Gasteiger partial charge < -0.3 is 24.4 Å². The van der Waals surface area contributed by atoms with Gasteiger partial charge in [-0.05, 0) is 38.0 Å². The van der Waals surface area contributed by atoms with E-state index < -0.39 is 6.04 Å². The van der Waals surface area contributed by atoms with E-state index in [-0.39, 0.29) is 31.0 Å². The van der Waals surface area contributed by atoms with Crippen molar-refractivity contribution in [1.82, 2.24) is 10.2 Å². The highest BCUT2D eigenvalue weighted by molar-refractivity contribution is 9.10. The Morgan fingerprint density at radius 2 is 1.66 bits per heavy atom. The third kappa shape index (κ3) is 7.44. The fourth-order valence-electron chi connectivity index (χ4n) is 2.97. The zero-order valence-corrected chi connectivity index (χ0v) is 20.8. The van der Waals surface area contributed by atoms with Crippen molar-refractivity contribution in [3.8, 4) is 17.2 Å². The topological polar surface area (TPSA) is 77.1 Å². The quantitative estimate of drug-likeness (QED) is 0.494. The summed E-state index contributed by atoms with van der Waals surface area (Å²) in [5, 5.41) is 2.95. The molecule has 0 spiro atoms. The Kier molecular flexibility index (Phi) is 9.84. The molecular formula is C24H31BrN2O5. The van der Waals surface area contributed by atoms with E-state index in [1.165, 1.54) is 4.90 Å². The van der Waals surface area contributed by atoms with Crippen LogP contribution in [0.5, 0.6) is 17.2 Å². The molecule has 0 saturated heterocycles. The van der Waals surface area contributed by atoms with Crippen LogP contribution in [0.4, 0.5) is 0 Å². The maximum atomic E-state index is 13.2. The van der Waals surface area contributed by atoms with Gasteiger partial charge >= 0.3 is 0 Å².